The average Bonchev–Trinajstić information content (AvgIpc) is 3.48. The number of piperazine rings is 1. The van der Waals surface area contributed by atoms with Crippen LogP contribution in [0.5, 0.6) is 0 Å². The number of nitrogens with zero attached hydrogens (tertiary/aromatic N) is 5. The highest BCUT2D eigenvalue weighted by molar-refractivity contribution is 7.14. The van der Waals surface area contributed by atoms with Gasteiger partial charge in [-0.2, -0.15) is 0 Å². The second-order valence-corrected chi connectivity index (χ2v) is 9.56. The Labute approximate surface area is 203 Å². The van der Waals surface area contributed by atoms with E-state index < -0.39 is 0 Å². The standard InChI is InChI=1S/C26H26N6OS/c1-19-15-21(7-6-20(19)18-31-13-11-30(2)12-14-31)29-26(33)23-17-28-25(34-23)9-8-22-16-27-24-5-3-4-10-32(22)24/h3-7,10,15-17H,11-14,18H2,1-2H3,(H,29,33). The Kier molecular flexibility index (Phi) is 6.41. The van der Waals surface area contributed by atoms with Crippen molar-refractivity contribution in [3.63, 3.8) is 0 Å². The number of hydrogen-bond acceptors (Lipinski definition) is 6. The summed E-state index contributed by atoms with van der Waals surface area (Å²) >= 11 is 1.28. The van der Waals surface area contributed by atoms with Crippen LogP contribution >= 0.6 is 11.3 Å². The summed E-state index contributed by atoms with van der Waals surface area (Å²) in [5.41, 5.74) is 4.89. The van der Waals surface area contributed by atoms with E-state index in [0.717, 1.165) is 49.8 Å². The van der Waals surface area contributed by atoms with E-state index in [4.69, 9.17) is 0 Å². The molecular weight excluding hydrogens is 444 g/mol. The maximum atomic E-state index is 12.8. The smallest absolute Gasteiger partial charge is 0.267 e. The van der Waals surface area contributed by atoms with Crippen molar-refractivity contribution < 1.29 is 4.79 Å². The normalized spacial score (nSPS) is 14.6. The van der Waals surface area contributed by atoms with Crippen LogP contribution < -0.4 is 5.32 Å². The van der Waals surface area contributed by atoms with E-state index in [9.17, 15) is 4.79 Å². The number of nitrogens with one attached hydrogen (secondary N) is 1. The topological polar surface area (TPSA) is 65.8 Å². The molecule has 0 saturated carbocycles. The summed E-state index contributed by atoms with van der Waals surface area (Å²) in [6.07, 6.45) is 5.23. The third kappa shape index (κ3) is 5.02. The van der Waals surface area contributed by atoms with Gasteiger partial charge in [0.2, 0.25) is 0 Å². The van der Waals surface area contributed by atoms with Gasteiger partial charge in [-0.25, -0.2) is 9.97 Å². The quantitative estimate of drug-likeness (QED) is 0.463. The van der Waals surface area contributed by atoms with Gasteiger partial charge in [0.15, 0.2) is 5.01 Å². The molecule has 8 heteroatoms. The molecule has 0 spiro atoms. The molecule has 4 heterocycles. The van der Waals surface area contributed by atoms with Crippen LogP contribution in [0.1, 0.15) is 31.5 Å². The van der Waals surface area contributed by atoms with Gasteiger partial charge in [-0.1, -0.05) is 12.1 Å². The lowest BCUT2D eigenvalue weighted by molar-refractivity contribution is 0.103. The number of fused-ring (bicyclic) bond motifs is 1. The van der Waals surface area contributed by atoms with Crippen molar-refractivity contribution in [2.24, 2.45) is 0 Å². The van der Waals surface area contributed by atoms with Crippen molar-refractivity contribution in [3.05, 3.63) is 81.7 Å². The van der Waals surface area contributed by atoms with E-state index in [-0.39, 0.29) is 5.91 Å². The van der Waals surface area contributed by atoms with Gasteiger partial charge >= 0.3 is 0 Å². The van der Waals surface area contributed by atoms with Gasteiger partial charge in [0.25, 0.3) is 5.91 Å². The van der Waals surface area contributed by atoms with Crippen molar-refractivity contribution in [2.45, 2.75) is 13.5 Å². The van der Waals surface area contributed by atoms with E-state index in [1.807, 2.05) is 40.9 Å². The Bertz CT molecular complexity index is 1390. The lowest BCUT2D eigenvalue weighted by Crippen LogP contribution is -2.43. The van der Waals surface area contributed by atoms with Crippen LogP contribution in [-0.4, -0.2) is 63.3 Å². The van der Waals surface area contributed by atoms with Crippen LogP contribution in [0.2, 0.25) is 0 Å². The zero-order valence-electron chi connectivity index (χ0n) is 19.3. The molecule has 0 bridgehead atoms. The minimum Gasteiger partial charge on any atom is -0.321 e. The number of hydrogen-bond donors (Lipinski definition) is 1. The molecule has 1 amide bonds. The molecule has 0 atom stereocenters. The molecule has 7 nitrogen and oxygen atoms in total. The van der Waals surface area contributed by atoms with Crippen LogP contribution in [0, 0.1) is 18.8 Å². The molecule has 1 N–H and O–H groups in total. The minimum absolute atomic E-state index is 0.174. The molecule has 0 aliphatic carbocycles. The highest BCUT2D eigenvalue weighted by Crippen LogP contribution is 2.20. The fourth-order valence-electron chi connectivity index (χ4n) is 3.97. The zero-order chi connectivity index (χ0) is 23.5. The minimum atomic E-state index is -0.174. The first kappa shape index (κ1) is 22.3. The van der Waals surface area contributed by atoms with E-state index in [0.29, 0.717) is 9.88 Å². The summed E-state index contributed by atoms with van der Waals surface area (Å²) < 4.78 is 1.92. The van der Waals surface area contributed by atoms with Crippen LogP contribution in [0.25, 0.3) is 5.65 Å². The lowest BCUT2D eigenvalue weighted by atomic mass is 10.1. The molecule has 1 fully saturated rings. The first-order chi connectivity index (χ1) is 16.5. The number of anilines is 1. The highest BCUT2D eigenvalue weighted by atomic mass is 32.1. The number of amides is 1. The predicted octanol–water partition coefficient (Wildman–Crippen LogP) is 3.50. The van der Waals surface area contributed by atoms with Gasteiger partial charge in [0.1, 0.15) is 16.2 Å². The molecule has 3 aromatic heterocycles. The van der Waals surface area contributed by atoms with Gasteiger partial charge < -0.3 is 10.2 Å². The van der Waals surface area contributed by atoms with Crippen LogP contribution in [0.3, 0.4) is 0 Å². The number of likely N-dealkylation sites (N-methyl/N-ethyl adjacent to an activating group) is 1. The number of imidazole rings is 1. The molecule has 1 saturated heterocycles. The highest BCUT2D eigenvalue weighted by Gasteiger charge is 2.15. The molecule has 1 aliphatic heterocycles. The Morgan fingerprint density at radius 2 is 1.94 bits per heavy atom. The number of carbonyl (C=O) groups excluding carboxylic acids is 1. The molecular formula is C26H26N6OS. The van der Waals surface area contributed by atoms with Gasteiger partial charge in [-0.3, -0.25) is 14.1 Å². The average molecular weight is 471 g/mol. The van der Waals surface area contributed by atoms with Crippen LogP contribution in [0.15, 0.2) is 55.0 Å². The van der Waals surface area contributed by atoms with Gasteiger partial charge in [0, 0.05) is 44.6 Å². The lowest BCUT2D eigenvalue weighted by Gasteiger charge is -2.32. The first-order valence-electron chi connectivity index (χ1n) is 11.3. The molecule has 1 aliphatic rings. The molecule has 0 radical (unpaired) electrons. The molecule has 172 valence electrons. The number of aryl methyl sites for hydroxylation is 1. The second-order valence-electron chi connectivity index (χ2n) is 8.53. The fraction of sp³-hybridized carbons (Fsp3) is 0.269. The number of aromatic nitrogens is 3. The van der Waals surface area contributed by atoms with Gasteiger partial charge in [0.05, 0.1) is 12.4 Å². The predicted molar refractivity (Wildman–Crippen MR) is 135 cm³/mol. The number of benzene rings is 1. The summed E-state index contributed by atoms with van der Waals surface area (Å²) in [5, 5.41) is 3.58. The fourth-order valence-corrected chi connectivity index (χ4v) is 4.63. The monoisotopic (exact) mass is 470 g/mol. The maximum absolute atomic E-state index is 12.8. The van der Waals surface area contributed by atoms with E-state index in [2.05, 4.69) is 57.0 Å². The summed E-state index contributed by atoms with van der Waals surface area (Å²) in [4.78, 5) is 26.8. The van der Waals surface area contributed by atoms with Crippen LogP contribution in [-0.2, 0) is 6.54 Å². The summed E-state index contributed by atoms with van der Waals surface area (Å²) in [6.45, 7) is 7.42. The Morgan fingerprint density at radius 3 is 2.76 bits per heavy atom. The van der Waals surface area contributed by atoms with Crippen molar-refractivity contribution in [1.82, 2.24) is 24.2 Å². The number of carbonyl (C=O) groups is 1. The number of thiazole rings is 1. The van der Waals surface area contributed by atoms with Crippen LogP contribution in [0.4, 0.5) is 5.69 Å². The van der Waals surface area contributed by atoms with E-state index in [1.54, 1.807) is 12.4 Å². The molecule has 4 aromatic rings. The third-order valence-electron chi connectivity index (χ3n) is 6.03. The van der Waals surface area contributed by atoms with Crippen molar-refractivity contribution in [3.8, 4) is 11.8 Å². The SMILES string of the molecule is Cc1cc(NC(=O)c2cnc(C#Cc3cnc4ccccn34)s2)ccc1CN1CCN(C)CC1. The Balaban J connectivity index is 1.23. The molecule has 1 aromatic carbocycles. The van der Waals surface area contributed by atoms with E-state index >= 15 is 0 Å². The molecule has 34 heavy (non-hydrogen) atoms. The number of pyridine rings is 1. The zero-order valence-corrected chi connectivity index (χ0v) is 20.1. The Morgan fingerprint density at radius 1 is 1.09 bits per heavy atom. The van der Waals surface area contributed by atoms with Crippen molar-refractivity contribution in [1.29, 1.82) is 0 Å². The Hall–Kier alpha value is -3.51. The third-order valence-corrected chi connectivity index (χ3v) is 6.95. The van der Waals surface area contributed by atoms with Crippen molar-refractivity contribution in [2.75, 3.05) is 38.5 Å². The number of rotatable bonds is 4. The summed E-state index contributed by atoms with van der Waals surface area (Å²) in [6, 6.07) is 11.9. The van der Waals surface area contributed by atoms with Crippen molar-refractivity contribution >= 4 is 28.6 Å². The summed E-state index contributed by atoms with van der Waals surface area (Å²) in [5.74, 6) is 5.97. The molecule has 0 unspecified atom stereocenters. The van der Waals surface area contributed by atoms with E-state index in [1.165, 1.54) is 22.5 Å². The maximum Gasteiger partial charge on any atom is 0.267 e. The first-order valence-corrected chi connectivity index (χ1v) is 12.1. The largest absolute Gasteiger partial charge is 0.321 e. The molecule has 5 rings (SSSR count). The van der Waals surface area contributed by atoms with Gasteiger partial charge in [-0.05, 0) is 61.2 Å². The van der Waals surface area contributed by atoms with Gasteiger partial charge in [-0.15, -0.1) is 11.3 Å². The second kappa shape index (κ2) is 9.77. The summed E-state index contributed by atoms with van der Waals surface area (Å²) in [7, 11) is 2.17.